The zero-order valence-electron chi connectivity index (χ0n) is 16.1. The third-order valence-corrected chi connectivity index (χ3v) is 7.46. The lowest BCUT2D eigenvalue weighted by molar-refractivity contribution is 0.0282. The summed E-state index contributed by atoms with van der Waals surface area (Å²) in [6.07, 6.45) is 0.860. The van der Waals surface area contributed by atoms with Crippen molar-refractivity contribution in [3.05, 3.63) is 12.2 Å². The van der Waals surface area contributed by atoms with E-state index >= 15 is 0 Å². The molecule has 1 saturated heterocycles. The molecule has 2 rings (SSSR count). The molecule has 1 fully saturated rings. The van der Waals surface area contributed by atoms with Gasteiger partial charge in [-0.25, -0.2) is 27.6 Å². The fourth-order valence-corrected chi connectivity index (χ4v) is 6.97. The molecule has 8 nitrogen and oxygen atoms in total. The van der Waals surface area contributed by atoms with Gasteiger partial charge in [-0.1, -0.05) is 25.7 Å². The highest BCUT2D eigenvalue weighted by molar-refractivity contribution is 7.89. The summed E-state index contributed by atoms with van der Waals surface area (Å²) in [6.45, 7) is 11.4. The Morgan fingerprint density at radius 2 is 1.92 bits per heavy atom. The normalized spacial score (nSPS) is 26.0. The van der Waals surface area contributed by atoms with Crippen LogP contribution in [-0.4, -0.2) is 63.1 Å². The number of hydrogen-bond acceptors (Lipinski definition) is 6. The van der Waals surface area contributed by atoms with Crippen molar-refractivity contribution in [3.8, 4) is 0 Å². The van der Waals surface area contributed by atoms with E-state index in [1.54, 1.807) is 32.9 Å². The van der Waals surface area contributed by atoms with Gasteiger partial charge in [-0.2, -0.15) is 0 Å². The predicted molar refractivity (Wildman–Crippen MR) is 100 cm³/mol. The van der Waals surface area contributed by atoms with Crippen LogP contribution in [0.2, 0.25) is 25.7 Å². The smallest absolute Gasteiger partial charge is 0.420 e. The van der Waals surface area contributed by atoms with Crippen LogP contribution in [0.5, 0.6) is 0 Å². The minimum absolute atomic E-state index is 0.0195. The summed E-state index contributed by atoms with van der Waals surface area (Å²) in [5.74, 6) is 0.0195. The highest BCUT2D eigenvalue weighted by Crippen LogP contribution is 2.30. The van der Waals surface area contributed by atoms with Crippen molar-refractivity contribution in [2.75, 3.05) is 5.75 Å². The lowest BCUT2D eigenvalue weighted by Gasteiger charge is -2.28. The quantitative estimate of drug-likeness (QED) is 0.557. The minimum atomic E-state index is -3.55. The Bertz CT molecular complexity index is 707. The fourth-order valence-electron chi connectivity index (χ4n) is 2.70. The summed E-state index contributed by atoms with van der Waals surface area (Å²) in [5.41, 5.74) is -0.784. The molecule has 0 aromatic carbocycles. The maximum atomic E-state index is 12.4. The zero-order valence-corrected chi connectivity index (χ0v) is 17.9. The molecule has 10 heteroatoms. The summed E-state index contributed by atoms with van der Waals surface area (Å²) in [6, 6.07) is -0.887. The monoisotopic (exact) mass is 404 g/mol. The third-order valence-electron chi connectivity index (χ3n) is 3.97. The number of imide groups is 1. The molecule has 0 radical (unpaired) electrons. The van der Waals surface area contributed by atoms with Crippen molar-refractivity contribution < 1.29 is 27.5 Å². The Morgan fingerprint density at radius 1 is 1.31 bits per heavy atom. The molecule has 0 spiro atoms. The molecule has 1 aliphatic carbocycles. The van der Waals surface area contributed by atoms with Crippen LogP contribution < -0.4 is 4.72 Å². The van der Waals surface area contributed by atoms with E-state index in [0.29, 0.717) is 6.04 Å². The van der Waals surface area contributed by atoms with Crippen molar-refractivity contribution in [2.45, 2.75) is 70.2 Å². The molecule has 1 aliphatic heterocycles. The minimum Gasteiger partial charge on any atom is -0.443 e. The molecule has 148 valence electrons. The standard InChI is InChI=1S/C16H28N2O6SSi/c1-16(2,3)24-15(20)18-13-11(7-8-12(13)23-14(18)19)17-25(21,22)9-10-26(4,5)6/h7-8,11-13,17H,9-10H2,1-6H3/t11-,12-,13+/m1/s1. The highest BCUT2D eigenvalue weighted by Gasteiger charge is 2.52. The lowest BCUT2D eigenvalue weighted by Crippen LogP contribution is -2.53. The van der Waals surface area contributed by atoms with E-state index in [-0.39, 0.29) is 5.75 Å². The summed E-state index contributed by atoms with van der Waals surface area (Å²) >= 11 is 0. The Hall–Kier alpha value is -1.39. The summed E-state index contributed by atoms with van der Waals surface area (Å²) < 4.78 is 37.9. The van der Waals surface area contributed by atoms with Crippen LogP contribution in [0.1, 0.15) is 20.8 Å². The van der Waals surface area contributed by atoms with Crippen LogP contribution in [0, 0.1) is 0 Å². The first-order chi connectivity index (χ1) is 11.7. The van der Waals surface area contributed by atoms with Gasteiger partial charge in [0.25, 0.3) is 0 Å². The lowest BCUT2D eigenvalue weighted by atomic mass is 10.1. The fraction of sp³-hybridized carbons (Fsp3) is 0.750. The number of rotatable bonds is 5. The second kappa shape index (κ2) is 6.97. The molecule has 1 N–H and O–H groups in total. The summed E-state index contributed by atoms with van der Waals surface area (Å²) in [5, 5.41) is 0. The van der Waals surface area contributed by atoms with Crippen molar-refractivity contribution in [1.29, 1.82) is 0 Å². The second-order valence-electron chi connectivity index (χ2n) is 8.85. The van der Waals surface area contributed by atoms with Crippen LogP contribution in [0.4, 0.5) is 9.59 Å². The van der Waals surface area contributed by atoms with E-state index in [9.17, 15) is 18.0 Å². The molecule has 0 saturated carbocycles. The van der Waals surface area contributed by atoms with Crippen molar-refractivity contribution >= 4 is 30.3 Å². The number of amides is 2. The van der Waals surface area contributed by atoms with Gasteiger partial charge in [-0.3, -0.25) is 0 Å². The molecule has 2 amide bonds. The number of hydrogen-bond donors (Lipinski definition) is 1. The highest BCUT2D eigenvalue weighted by atomic mass is 32.2. The van der Waals surface area contributed by atoms with Crippen LogP contribution in [0.15, 0.2) is 12.2 Å². The van der Waals surface area contributed by atoms with Crippen molar-refractivity contribution in [3.63, 3.8) is 0 Å². The first kappa shape index (κ1) is 20.9. The topological polar surface area (TPSA) is 102 Å². The van der Waals surface area contributed by atoms with Gasteiger partial charge in [0.15, 0.2) is 0 Å². The van der Waals surface area contributed by atoms with Crippen LogP contribution in [0.3, 0.4) is 0 Å². The first-order valence-electron chi connectivity index (χ1n) is 8.60. The first-order valence-corrected chi connectivity index (χ1v) is 14.0. The van der Waals surface area contributed by atoms with Crippen LogP contribution in [0.25, 0.3) is 0 Å². The van der Waals surface area contributed by atoms with Crippen LogP contribution in [-0.2, 0) is 19.5 Å². The number of nitrogens with zero attached hydrogens (tertiary/aromatic N) is 1. The molecule has 26 heavy (non-hydrogen) atoms. The largest absolute Gasteiger partial charge is 0.443 e. The maximum Gasteiger partial charge on any atom is 0.420 e. The molecule has 2 aliphatic rings. The molecule has 3 atom stereocenters. The van der Waals surface area contributed by atoms with Crippen LogP contribution >= 0.6 is 0 Å². The average Bonchev–Trinajstić information content (AvgIpc) is 2.92. The van der Waals surface area contributed by atoms with Gasteiger partial charge >= 0.3 is 12.2 Å². The number of nitrogens with one attached hydrogen (secondary N) is 1. The van der Waals surface area contributed by atoms with E-state index in [2.05, 4.69) is 24.4 Å². The Balaban J connectivity index is 2.12. The van der Waals surface area contributed by atoms with Gasteiger partial charge < -0.3 is 9.47 Å². The van der Waals surface area contributed by atoms with Gasteiger partial charge in [-0.15, -0.1) is 0 Å². The van der Waals surface area contributed by atoms with E-state index in [1.165, 1.54) is 0 Å². The van der Waals surface area contributed by atoms with E-state index in [0.717, 1.165) is 4.90 Å². The van der Waals surface area contributed by atoms with Gasteiger partial charge in [0.1, 0.15) is 17.7 Å². The summed E-state index contributed by atoms with van der Waals surface area (Å²) in [7, 11) is -5.07. The third kappa shape index (κ3) is 5.30. The Labute approximate surface area is 156 Å². The number of carbonyl (C=O) groups excluding carboxylic acids is 2. The average molecular weight is 405 g/mol. The molecular formula is C16H28N2O6SSi. The van der Waals surface area contributed by atoms with Gasteiger partial charge in [0.2, 0.25) is 10.0 Å². The van der Waals surface area contributed by atoms with Gasteiger partial charge in [0, 0.05) is 8.07 Å². The SMILES string of the molecule is CC(C)(C)OC(=O)N1C(=O)O[C@@H]2C=C[C@@H](NS(=O)(=O)CC[Si](C)(C)C)[C@@H]21. The van der Waals surface area contributed by atoms with E-state index < -0.39 is 54.1 Å². The molecule has 0 unspecified atom stereocenters. The molecular weight excluding hydrogens is 376 g/mol. The number of fused-ring (bicyclic) bond motifs is 1. The van der Waals surface area contributed by atoms with Crippen molar-refractivity contribution in [2.24, 2.45) is 0 Å². The predicted octanol–water partition coefficient (Wildman–Crippen LogP) is 2.31. The number of ether oxygens (including phenoxy) is 2. The molecule has 1 heterocycles. The maximum absolute atomic E-state index is 12.4. The number of sulfonamides is 1. The molecule has 0 aromatic rings. The zero-order chi connectivity index (χ0) is 19.9. The van der Waals surface area contributed by atoms with Gasteiger partial charge in [0.05, 0.1) is 11.8 Å². The van der Waals surface area contributed by atoms with Gasteiger partial charge in [-0.05, 0) is 32.9 Å². The molecule has 0 bridgehead atoms. The number of carbonyl (C=O) groups is 2. The second-order valence-corrected chi connectivity index (χ2v) is 16.3. The summed E-state index contributed by atoms with van der Waals surface area (Å²) in [4.78, 5) is 25.3. The Kier molecular flexibility index (Phi) is 5.61. The van der Waals surface area contributed by atoms with E-state index in [1.807, 2.05) is 0 Å². The molecule has 0 aromatic heterocycles. The van der Waals surface area contributed by atoms with Crippen molar-refractivity contribution in [1.82, 2.24) is 9.62 Å². The Morgan fingerprint density at radius 3 is 2.46 bits per heavy atom. The van der Waals surface area contributed by atoms with E-state index in [4.69, 9.17) is 9.47 Å².